The number of aryl methyl sites for hydroxylation is 1. The van der Waals surface area contributed by atoms with Gasteiger partial charge in [0.15, 0.2) is 0 Å². The SMILES string of the molecule is Cc1cccc(NC(=O)CS(=O)CC2CNC2)c1. The molecule has 98 valence electrons. The van der Waals surface area contributed by atoms with Gasteiger partial charge in [-0.25, -0.2) is 0 Å². The lowest BCUT2D eigenvalue weighted by molar-refractivity contribution is -0.113. The third-order valence-corrected chi connectivity index (χ3v) is 4.31. The van der Waals surface area contributed by atoms with Crippen LogP contribution < -0.4 is 10.6 Å². The molecule has 1 amide bonds. The molecule has 0 spiro atoms. The van der Waals surface area contributed by atoms with Crippen LogP contribution in [0.2, 0.25) is 0 Å². The molecule has 1 atom stereocenters. The summed E-state index contributed by atoms with van der Waals surface area (Å²) in [5.41, 5.74) is 1.86. The fourth-order valence-electron chi connectivity index (χ4n) is 1.85. The quantitative estimate of drug-likeness (QED) is 0.832. The molecule has 0 aromatic heterocycles. The zero-order valence-electron chi connectivity index (χ0n) is 10.4. The van der Waals surface area contributed by atoms with E-state index < -0.39 is 10.8 Å². The van der Waals surface area contributed by atoms with Crippen LogP contribution in [0.4, 0.5) is 5.69 Å². The lowest BCUT2D eigenvalue weighted by atomic mass is 10.1. The summed E-state index contributed by atoms with van der Waals surface area (Å²) in [6.07, 6.45) is 0. The van der Waals surface area contributed by atoms with Crippen molar-refractivity contribution in [2.24, 2.45) is 5.92 Å². The lowest BCUT2D eigenvalue weighted by Crippen LogP contribution is -2.45. The largest absolute Gasteiger partial charge is 0.325 e. The number of hydrogen-bond acceptors (Lipinski definition) is 3. The maximum absolute atomic E-state index is 11.7. The molecule has 1 heterocycles. The van der Waals surface area contributed by atoms with Gasteiger partial charge in [-0.2, -0.15) is 0 Å². The maximum atomic E-state index is 11.7. The van der Waals surface area contributed by atoms with Crippen LogP contribution in [0.1, 0.15) is 5.56 Å². The van der Waals surface area contributed by atoms with E-state index in [1.807, 2.05) is 31.2 Å². The van der Waals surface area contributed by atoms with Crippen LogP contribution in [0.15, 0.2) is 24.3 Å². The lowest BCUT2D eigenvalue weighted by Gasteiger charge is -2.26. The molecule has 0 aliphatic carbocycles. The molecule has 5 heteroatoms. The zero-order valence-corrected chi connectivity index (χ0v) is 11.3. The Bertz CT molecular complexity index is 458. The summed E-state index contributed by atoms with van der Waals surface area (Å²) >= 11 is 0. The van der Waals surface area contributed by atoms with Crippen molar-refractivity contribution in [3.8, 4) is 0 Å². The van der Waals surface area contributed by atoms with Crippen LogP contribution in [0.25, 0.3) is 0 Å². The molecule has 1 fully saturated rings. The number of amides is 1. The number of carbonyl (C=O) groups is 1. The van der Waals surface area contributed by atoms with Crippen molar-refractivity contribution in [1.82, 2.24) is 5.32 Å². The second-order valence-electron chi connectivity index (χ2n) is 4.69. The summed E-state index contributed by atoms with van der Waals surface area (Å²) < 4.78 is 11.7. The topological polar surface area (TPSA) is 58.2 Å². The van der Waals surface area contributed by atoms with Gasteiger partial charge < -0.3 is 10.6 Å². The predicted octanol–water partition coefficient (Wildman–Crippen LogP) is 0.902. The number of benzene rings is 1. The number of anilines is 1. The second-order valence-corrected chi connectivity index (χ2v) is 6.19. The van der Waals surface area contributed by atoms with Gasteiger partial charge in [0.25, 0.3) is 0 Å². The highest BCUT2D eigenvalue weighted by Gasteiger charge is 2.20. The van der Waals surface area contributed by atoms with Crippen molar-refractivity contribution in [2.45, 2.75) is 6.92 Å². The molecule has 4 nitrogen and oxygen atoms in total. The summed E-state index contributed by atoms with van der Waals surface area (Å²) in [7, 11) is -1.06. The van der Waals surface area contributed by atoms with Crippen LogP contribution in [0, 0.1) is 12.8 Å². The molecule has 0 bridgehead atoms. The number of rotatable bonds is 5. The third-order valence-electron chi connectivity index (χ3n) is 2.88. The Hall–Kier alpha value is -1.20. The summed E-state index contributed by atoms with van der Waals surface area (Å²) in [5.74, 6) is 1.00. The van der Waals surface area contributed by atoms with Crippen LogP contribution in [0.5, 0.6) is 0 Å². The van der Waals surface area contributed by atoms with E-state index in [2.05, 4.69) is 10.6 Å². The van der Waals surface area contributed by atoms with Crippen LogP contribution in [0.3, 0.4) is 0 Å². The van der Waals surface area contributed by atoms with Gasteiger partial charge in [-0.1, -0.05) is 12.1 Å². The summed E-state index contributed by atoms with van der Waals surface area (Å²) in [5, 5.41) is 5.91. The monoisotopic (exact) mass is 266 g/mol. The number of nitrogens with one attached hydrogen (secondary N) is 2. The molecule has 0 radical (unpaired) electrons. The van der Waals surface area contributed by atoms with Gasteiger partial charge >= 0.3 is 0 Å². The Morgan fingerprint density at radius 3 is 2.89 bits per heavy atom. The smallest absolute Gasteiger partial charge is 0.236 e. The molecule has 2 rings (SSSR count). The van der Waals surface area contributed by atoms with E-state index in [-0.39, 0.29) is 11.7 Å². The van der Waals surface area contributed by atoms with E-state index >= 15 is 0 Å². The van der Waals surface area contributed by atoms with E-state index in [1.54, 1.807) is 0 Å². The minimum atomic E-state index is -1.06. The van der Waals surface area contributed by atoms with E-state index in [1.165, 1.54) is 0 Å². The standard InChI is InChI=1S/C13H18N2O2S/c1-10-3-2-4-12(5-10)15-13(16)9-18(17)8-11-6-14-7-11/h2-5,11,14H,6-9H2,1H3,(H,15,16). The molecule has 18 heavy (non-hydrogen) atoms. The normalized spacial score (nSPS) is 16.9. The van der Waals surface area contributed by atoms with Crippen molar-refractivity contribution in [1.29, 1.82) is 0 Å². The zero-order chi connectivity index (χ0) is 13.0. The first-order valence-corrected chi connectivity index (χ1v) is 7.54. The van der Waals surface area contributed by atoms with Gasteiger partial charge in [0.2, 0.25) is 5.91 Å². The Kier molecular flexibility index (Phi) is 4.49. The Balaban J connectivity index is 1.79. The van der Waals surface area contributed by atoms with Gasteiger partial charge in [0.05, 0.1) is 0 Å². The molecule has 2 N–H and O–H groups in total. The van der Waals surface area contributed by atoms with Gasteiger partial charge in [-0.15, -0.1) is 0 Å². The first-order chi connectivity index (χ1) is 8.63. The van der Waals surface area contributed by atoms with E-state index in [9.17, 15) is 9.00 Å². The molecule has 1 saturated heterocycles. The van der Waals surface area contributed by atoms with E-state index in [0.717, 1.165) is 24.3 Å². The van der Waals surface area contributed by atoms with E-state index in [4.69, 9.17) is 0 Å². The summed E-state index contributed by atoms with van der Waals surface area (Å²) in [4.78, 5) is 11.7. The first-order valence-electron chi connectivity index (χ1n) is 6.05. The molecule has 0 saturated carbocycles. The highest BCUT2D eigenvalue weighted by atomic mass is 32.2. The molecular formula is C13H18N2O2S. The Morgan fingerprint density at radius 1 is 1.50 bits per heavy atom. The summed E-state index contributed by atoms with van der Waals surface area (Å²) in [6.45, 7) is 3.81. The molecule has 1 aromatic carbocycles. The summed E-state index contributed by atoms with van der Waals surface area (Å²) in [6, 6.07) is 7.60. The predicted molar refractivity (Wildman–Crippen MR) is 74.0 cm³/mol. The van der Waals surface area contributed by atoms with Crippen molar-refractivity contribution in [2.75, 3.05) is 29.9 Å². The van der Waals surface area contributed by atoms with Crippen molar-refractivity contribution in [3.63, 3.8) is 0 Å². The molecular weight excluding hydrogens is 248 g/mol. The molecule has 1 aliphatic heterocycles. The van der Waals surface area contributed by atoms with Crippen LogP contribution >= 0.6 is 0 Å². The van der Waals surface area contributed by atoms with Gasteiger partial charge in [0, 0.05) is 35.3 Å². The van der Waals surface area contributed by atoms with Crippen molar-refractivity contribution in [3.05, 3.63) is 29.8 Å². The minimum absolute atomic E-state index is 0.0877. The third kappa shape index (κ3) is 3.92. The molecule has 1 unspecified atom stereocenters. The number of carbonyl (C=O) groups excluding carboxylic acids is 1. The molecule has 1 aliphatic rings. The van der Waals surface area contributed by atoms with Crippen molar-refractivity contribution < 1.29 is 9.00 Å². The molecule has 1 aromatic rings. The van der Waals surface area contributed by atoms with Gasteiger partial charge in [-0.3, -0.25) is 9.00 Å². The highest BCUT2D eigenvalue weighted by molar-refractivity contribution is 7.85. The highest BCUT2D eigenvalue weighted by Crippen LogP contribution is 2.10. The van der Waals surface area contributed by atoms with Crippen molar-refractivity contribution >= 4 is 22.4 Å². The number of hydrogen-bond donors (Lipinski definition) is 2. The fraction of sp³-hybridized carbons (Fsp3) is 0.462. The Labute approximate surface area is 110 Å². The minimum Gasteiger partial charge on any atom is -0.325 e. The first kappa shape index (κ1) is 13.2. The Morgan fingerprint density at radius 2 is 2.28 bits per heavy atom. The average molecular weight is 266 g/mol. The van der Waals surface area contributed by atoms with Gasteiger partial charge in [0.1, 0.15) is 5.75 Å². The average Bonchev–Trinajstić information content (AvgIpc) is 2.23. The maximum Gasteiger partial charge on any atom is 0.236 e. The fourth-order valence-corrected chi connectivity index (χ4v) is 3.10. The van der Waals surface area contributed by atoms with E-state index in [0.29, 0.717) is 11.7 Å². The second kappa shape index (κ2) is 6.11. The van der Waals surface area contributed by atoms with Crippen LogP contribution in [-0.2, 0) is 15.6 Å². The van der Waals surface area contributed by atoms with Gasteiger partial charge in [-0.05, 0) is 30.5 Å². The van der Waals surface area contributed by atoms with Crippen LogP contribution in [-0.4, -0.2) is 34.7 Å².